The molecule has 1 unspecified atom stereocenters. The fourth-order valence-corrected chi connectivity index (χ4v) is 1.71. The van der Waals surface area contributed by atoms with Crippen LogP contribution in [0.2, 0.25) is 0 Å². The Labute approximate surface area is 103 Å². The molecule has 1 aromatic carbocycles. The van der Waals surface area contributed by atoms with E-state index in [1.807, 2.05) is 5.43 Å². The van der Waals surface area contributed by atoms with E-state index in [1.54, 1.807) is 18.2 Å². The Bertz CT molecular complexity index is 489. The van der Waals surface area contributed by atoms with Crippen LogP contribution in [0.3, 0.4) is 0 Å². The molecule has 0 spiro atoms. The van der Waals surface area contributed by atoms with E-state index in [9.17, 15) is 9.59 Å². The predicted octanol–water partition coefficient (Wildman–Crippen LogP) is -1.12. The summed E-state index contributed by atoms with van der Waals surface area (Å²) >= 11 is 0. The molecule has 2 amide bonds. The van der Waals surface area contributed by atoms with Crippen molar-refractivity contribution >= 4 is 17.5 Å². The van der Waals surface area contributed by atoms with Gasteiger partial charge in [-0.3, -0.25) is 15.0 Å². The van der Waals surface area contributed by atoms with Gasteiger partial charge < -0.3 is 15.8 Å². The molecule has 0 saturated heterocycles. The molecule has 18 heavy (non-hydrogen) atoms. The lowest BCUT2D eigenvalue weighted by Crippen LogP contribution is -2.45. The van der Waals surface area contributed by atoms with Gasteiger partial charge in [-0.1, -0.05) is 6.07 Å². The van der Waals surface area contributed by atoms with E-state index >= 15 is 0 Å². The van der Waals surface area contributed by atoms with Crippen LogP contribution in [0.4, 0.5) is 5.69 Å². The zero-order valence-electron chi connectivity index (χ0n) is 9.60. The van der Waals surface area contributed by atoms with E-state index in [0.29, 0.717) is 17.9 Å². The van der Waals surface area contributed by atoms with Crippen LogP contribution < -0.4 is 27.1 Å². The second-order valence-electron chi connectivity index (χ2n) is 3.99. The van der Waals surface area contributed by atoms with Crippen molar-refractivity contribution in [3.63, 3.8) is 0 Å². The molecule has 0 aliphatic carbocycles. The molecule has 6 N–H and O–H groups in total. The van der Waals surface area contributed by atoms with Crippen LogP contribution in [0.5, 0.6) is 5.75 Å². The Morgan fingerprint density at radius 1 is 1.56 bits per heavy atom. The number of ether oxygens (including phenoxy) is 1. The van der Waals surface area contributed by atoms with Gasteiger partial charge >= 0.3 is 0 Å². The number of amides is 2. The van der Waals surface area contributed by atoms with Crippen LogP contribution in [-0.4, -0.2) is 24.5 Å². The molecule has 0 fully saturated rings. The number of hydrogen-bond acceptors (Lipinski definition) is 5. The Kier molecular flexibility index (Phi) is 3.45. The number of benzene rings is 1. The minimum Gasteiger partial charge on any atom is -0.482 e. The van der Waals surface area contributed by atoms with Gasteiger partial charge in [-0.05, 0) is 24.1 Å². The summed E-state index contributed by atoms with van der Waals surface area (Å²) in [6, 6.07) is 4.53. The number of rotatable bonds is 3. The number of nitrogens with two attached hydrogens (primary N) is 2. The maximum Gasteiger partial charge on any atom is 0.262 e. The van der Waals surface area contributed by atoms with Gasteiger partial charge in [0.15, 0.2) is 6.61 Å². The minimum atomic E-state index is -0.728. The van der Waals surface area contributed by atoms with Crippen LogP contribution >= 0.6 is 0 Å². The molecule has 1 aliphatic heterocycles. The van der Waals surface area contributed by atoms with E-state index < -0.39 is 11.9 Å². The molecular formula is C11H14N4O3. The summed E-state index contributed by atoms with van der Waals surface area (Å²) in [4.78, 5) is 22.4. The predicted molar refractivity (Wildman–Crippen MR) is 64.6 cm³/mol. The number of carbonyl (C=O) groups excluding carboxylic acids is 2. The lowest BCUT2D eigenvalue weighted by Gasteiger charge is -2.19. The molecule has 96 valence electrons. The van der Waals surface area contributed by atoms with E-state index in [4.69, 9.17) is 16.3 Å². The maximum atomic E-state index is 11.2. The summed E-state index contributed by atoms with van der Waals surface area (Å²) in [5.41, 5.74) is 9.05. The van der Waals surface area contributed by atoms with Crippen LogP contribution in [-0.2, 0) is 16.0 Å². The minimum absolute atomic E-state index is 0.0153. The molecular weight excluding hydrogens is 236 g/mol. The smallest absolute Gasteiger partial charge is 0.262 e. The molecule has 1 aromatic rings. The second-order valence-corrected chi connectivity index (χ2v) is 3.99. The van der Waals surface area contributed by atoms with Crippen molar-refractivity contribution in [2.45, 2.75) is 12.5 Å². The molecule has 0 aromatic heterocycles. The number of hydrazine groups is 1. The van der Waals surface area contributed by atoms with Gasteiger partial charge in [-0.2, -0.15) is 0 Å². The summed E-state index contributed by atoms with van der Waals surface area (Å²) < 4.78 is 5.22. The highest BCUT2D eigenvalue weighted by atomic mass is 16.5. The quantitative estimate of drug-likeness (QED) is 0.307. The Morgan fingerprint density at radius 2 is 2.33 bits per heavy atom. The summed E-state index contributed by atoms with van der Waals surface area (Å²) in [7, 11) is 0. The summed E-state index contributed by atoms with van der Waals surface area (Å²) in [6.45, 7) is 0.0153. The standard InChI is InChI=1S/C11H14N4O3/c12-7(11(17)15-13)3-6-1-2-9-8(4-6)14-10(16)5-18-9/h1-2,4,7H,3,5,12-13H2,(H,14,16)(H,15,17). The van der Waals surface area contributed by atoms with Crippen molar-refractivity contribution in [2.24, 2.45) is 11.6 Å². The van der Waals surface area contributed by atoms with Gasteiger partial charge in [0, 0.05) is 0 Å². The average molecular weight is 250 g/mol. The SMILES string of the molecule is NNC(=O)C(N)Cc1ccc2c(c1)NC(=O)CO2. The molecule has 2 rings (SSSR count). The number of hydrogen-bond donors (Lipinski definition) is 4. The van der Waals surface area contributed by atoms with Crippen molar-refractivity contribution in [1.29, 1.82) is 0 Å². The molecule has 0 saturated carbocycles. The van der Waals surface area contributed by atoms with Crippen LogP contribution in [0.15, 0.2) is 18.2 Å². The second kappa shape index (κ2) is 5.03. The molecule has 1 atom stereocenters. The zero-order chi connectivity index (χ0) is 13.1. The molecule has 1 aliphatic rings. The Hall–Kier alpha value is -2.12. The lowest BCUT2D eigenvalue weighted by atomic mass is 10.0. The molecule has 1 heterocycles. The first-order valence-corrected chi connectivity index (χ1v) is 5.42. The van der Waals surface area contributed by atoms with Gasteiger partial charge in [-0.25, -0.2) is 5.84 Å². The van der Waals surface area contributed by atoms with Crippen molar-refractivity contribution in [3.05, 3.63) is 23.8 Å². The largest absolute Gasteiger partial charge is 0.482 e. The van der Waals surface area contributed by atoms with Gasteiger partial charge in [0.1, 0.15) is 5.75 Å². The number of nitrogens with one attached hydrogen (secondary N) is 2. The average Bonchev–Trinajstić information content (AvgIpc) is 2.37. The zero-order valence-corrected chi connectivity index (χ0v) is 9.60. The van der Waals surface area contributed by atoms with Crippen molar-refractivity contribution in [3.8, 4) is 5.75 Å². The molecule has 7 nitrogen and oxygen atoms in total. The molecule has 7 heteroatoms. The number of anilines is 1. The van der Waals surface area contributed by atoms with Crippen molar-refractivity contribution < 1.29 is 14.3 Å². The summed E-state index contributed by atoms with van der Waals surface area (Å²) in [5, 5.41) is 2.69. The first-order valence-electron chi connectivity index (χ1n) is 5.42. The molecule has 0 bridgehead atoms. The van der Waals surface area contributed by atoms with Crippen LogP contribution in [0.25, 0.3) is 0 Å². The third-order valence-electron chi connectivity index (χ3n) is 2.61. The highest BCUT2D eigenvalue weighted by molar-refractivity contribution is 5.95. The van der Waals surface area contributed by atoms with E-state index in [2.05, 4.69) is 5.32 Å². The van der Waals surface area contributed by atoms with E-state index in [-0.39, 0.29) is 12.5 Å². The summed E-state index contributed by atoms with van der Waals surface area (Å²) in [6.07, 6.45) is 0.326. The normalized spacial score (nSPS) is 15.1. The van der Waals surface area contributed by atoms with E-state index in [0.717, 1.165) is 5.56 Å². The lowest BCUT2D eigenvalue weighted by molar-refractivity contribution is -0.122. The van der Waals surface area contributed by atoms with Gasteiger partial charge in [0.25, 0.3) is 11.8 Å². The van der Waals surface area contributed by atoms with E-state index in [1.165, 1.54) is 0 Å². The molecule has 0 radical (unpaired) electrons. The highest BCUT2D eigenvalue weighted by Gasteiger charge is 2.18. The number of fused-ring (bicyclic) bond motifs is 1. The Balaban J connectivity index is 2.13. The third kappa shape index (κ3) is 2.58. The highest BCUT2D eigenvalue weighted by Crippen LogP contribution is 2.28. The fourth-order valence-electron chi connectivity index (χ4n) is 1.71. The van der Waals surface area contributed by atoms with Crippen LogP contribution in [0.1, 0.15) is 5.56 Å². The van der Waals surface area contributed by atoms with Gasteiger partial charge in [-0.15, -0.1) is 0 Å². The monoisotopic (exact) mass is 250 g/mol. The van der Waals surface area contributed by atoms with Crippen LogP contribution in [0, 0.1) is 0 Å². The third-order valence-corrected chi connectivity index (χ3v) is 2.61. The van der Waals surface area contributed by atoms with Crippen molar-refractivity contribution in [1.82, 2.24) is 5.43 Å². The summed E-state index contributed by atoms with van der Waals surface area (Å²) in [5.74, 6) is 4.96. The Morgan fingerprint density at radius 3 is 3.06 bits per heavy atom. The van der Waals surface area contributed by atoms with Gasteiger partial charge in [0.05, 0.1) is 11.7 Å². The first kappa shape index (κ1) is 12.3. The topological polar surface area (TPSA) is 119 Å². The first-order chi connectivity index (χ1) is 8.60. The fraction of sp³-hybridized carbons (Fsp3) is 0.273. The number of carbonyl (C=O) groups is 2. The maximum absolute atomic E-state index is 11.2. The van der Waals surface area contributed by atoms with Crippen molar-refractivity contribution in [2.75, 3.05) is 11.9 Å². The van der Waals surface area contributed by atoms with Gasteiger partial charge in [0.2, 0.25) is 0 Å².